The van der Waals surface area contributed by atoms with Crippen LogP contribution in [0.15, 0.2) is 23.1 Å². The van der Waals surface area contributed by atoms with Crippen molar-refractivity contribution < 1.29 is 13.2 Å². The van der Waals surface area contributed by atoms with E-state index in [9.17, 15) is 13.2 Å². The summed E-state index contributed by atoms with van der Waals surface area (Å²) in [7, 11) is 0. The monoisotopic (exact) mass is 391 g/mol. The lowest BCUT2D eigenvalue weighted by Crippen LogP contribution is -2.01. The third-order valence-corrected chi connectivity index (χ3v) is 4.82. The normalized spacial score (nSPS) is 11.9. The first-order valence-corrected chi connectivity index (χ1v) is 8.45. The minimum Gasteiger partial charge on any atom is -0.375 e. The molecule has 1 aromatic carbocycles. The molecule has 24 heavy (non-hydrogen) atoms. The number of nitrogens with one attached hydrogen (secondary N) is 1. The number of hydrogen-bond donors (Lipinski definition) is 2. The summed E-state index contributed by atoms with van der Waals surface area (Å²) in [6.45, 7) is 1.72. The molecule has 0 aliphatic rings. The number of aromatic nitrogens is 3. The van der Waals surface area contributed by atoms with Crippen molar-refractivity contribution in [3.05, 3.63) is 29.0 Å². The van der Waals surface area contributed by atoms with Crippen LogP contribution in [0.3, 0.4) is 0 Å². The van der Waals surface area contributed by atoms with Gasteiger partial charge in [-0.05, 0) is 36.9 Å². The molecule has 2 heterocycles. The highest BCUT2D eigenvalue weighted by Gasteiger charge is 2.30. The third kappa shape index (κ3) is 3.82. The molecule has 11 heteroatoms. The second-order valence-electron chi connectivity index (χ2n) is 4.64. The SMILES string of the molecule is Cc1nc(Nc2ccc(SC(F)(F)F)c(Cl)c2)c2nc(N)sc2n1. The first-order valence-electron chi connectivity index (χ1n) is 6.44. The first kappa shape index (κ1) is 17.1. The Morgan fingerprint density at radius 1 is 1.25 bits per heavy atom. The smallest absolute Gasteiger partial charge is 0.375 e. The highest BCUT2D eigenvalue weighted by molar-refractivity contribution is 8.00. The van der Waals surface area contributed by atoms with Gasteiger partial charge in [0.25, 0.3) is 0 Å². The zero-order valence-electron chi connectivity index (χ0n) is 12.0. The Labute approximate surface area is 147 Å². The summed E-state index contributed by atoms with van der Waals surface area (Å²) in [5, 5.41) is 3.33. The molecule has 0 atom stereocenters. The summed E-state index contributed by atoms with van der Waals surface area (Å²) in [6.07, 6.45) is 0. The Bertz CT molecular complexity index is 912. The lowest BCUT2D eigenvalue weighted by atomic mass is 10.3. The molecule has 0 aliphatic heterocycles. The van der Waals surface area contributed by atoms with Crippen LogP contribution in [0.25, 0.3) is 10.3 Å². The molecule has 0 bridgehead atoms. The number of hydrogen-bond acceptors (Lipinski definition) is 7. The largest absolute Gasteiger partial charge is 0.446 e. The number of nitrogens with two attached hydrogens (primary N) is 1. The minimum absolute atomic E-state index is 0.0119. The van der Waals surface area contributed by atoms with E-state index >= 15 is 0 Å². The van der Waals surface area contributed by atoms with E-state index in [0.717, 1.165) is 0 Å². The maximum absolute atomic E-state index is 12.4. The fraction of sp³-hybridized carbons (Fsp3) is 0.154. The van der Waals surface area contributed by atoms with Crippen LogP contribution in [0.4, 0.5) is 29.8 Å². The van der Waals surface area contributed by atoms with Crippen LogP contribution in [-0.4, -0.2) is 20.5 Å². The molecule has 2 aromatic heterocycles. The third-order valence-electron chi connectivity index (χ3n) is 2.81. The van der Waals surface area contributed by atoms with Gasteiger partial charge < -0.3 is 11.1 Å². The quantitative estimate of drug-likeness (QED) is 0.613. The van der Waals surface area contributed by atoms with Crippen molar-refractivity contribution in [1.29, 1.82) is 0 Å². The summed E-state index contributed by atoms with van der Waals surface area (Å²) in [5.74, 6) is 0.932. The predicted octanol–water partition coefficient (Wildman–Crippen LogP) is 4.99. The van der Waals surface area contributed by atoms with E-state index in [0.29, 0.717) is 32.8 Å². The molecule has 0 aliphatic carbocycles. The molecule has 0 fully saturated rings. The van der Waals surface area contributed by atoms with E-state index in [1.165, 1.54) is 29.5 Å². The Kier molecular flexibility index (Phi) is 4.45. The van der Waals surface area contributed by atoms with E-state index < -0.39 is 5.51 Å². The molecular weight excluding hydrogens is 383 g/mol. The number of rotatable bonds is 3. The molecule has 5 nitrogen and oxygen atoms in total. The van der Waals surface area contributed by atoms with Gasteiger partial charge >= 0.3 is 5.51 Å². The highest BCUT2D eigenvalue weighted by atomic mass is 35.5. The topological polar surface area (TPSA) is 76.7 Å². The fourth-order valence-electron chi connectivity index (χ4n) is 1.95. The first-order chi connectivity index (χ1) is 11.2. The van der Waals surface area contributed by atoms with Crippen molar-refractivity contribution >= 4 is 61.7 Å². The van der Waals surface area contributed by atoms with Gasteiger partial charge in [0.15, 0.2) is 15.8 Å². The van der Waals surface area contributed by atoms with Crippen molar-refractivity contribution in [3.8, 4) is 0 Å². The summed E-state index contributed by atoms with van der Waals surface area (Å²) < 4.78 is 37.3. The lowest BCUT2D eigenvalue weighted by molar-refractivity contribution is -0.0328. The van der Waals surface area contributed by atoms with Gasteiger partial charge in [-0.15, -0.1) is 0 Å². The zero-order chi connectivity index (χ0) is 17.5. The number of nitrogen functional groups attached to an aromatic ring is 1. The van der Waals surface area contributed by atoms with Crippen LogP contribution in [0.5, 0.6) is 0 Å². The van der Waals surface area contributed by atoms with E-state index in [-0.39, 0.29) is 21.7 Å². The van der Waals surface area contributed by atoms with E-state index in [4.69, 9.17) is 17.3 Å². The van der Waals surface area contributed by atoms with E-state index in [1.807, 2.05) is 0 Å². The number of fused-ring (bicyclic) bond motifs is 1. The number of alkyl halides is 3. The summed E-state index contributed by atoms with van der Waals surface area (Å²) in [4.78, 5) is 13.2. The second kappa shape index (κ2) is 6.26. The molecule has 3 N–H and O–H groups in total. The molecule has 0 radical (unpaired) electrons. The van der Waals surface area contributed by atoms with Crippen LogP contribution in [-0.2, 0) is 0 Å². The minimum atomic E-state index is -4.40. The molecule has 0 amide bonds. The standard InChI is InChI=1S/C13H9ClF3N5S2/c1-5-19-10(9-11(20-5)23-12(18)22-9)21-6-2-3-8(7(14)4-6)24-13(15,16)17/h2-4H,1H3,(H2,18,22)(H,19,20,21). The Hall–Kier alpha value is -1.78. The average molecular weight is 392 g/mol. The molecule has 0 saturated heterocycles. The van der Waals surface area contributed by atoms with Gasteiger partial charge in [-0.1, -0.05) is 22.9 Å². The Balaban J connectivity index is 1.93. The van der Waals surface area contributed by atoms with Gasteiger partial charge in [0.2, 0.25) is 0 Å². The number of thiazole rings is 1. The van der Waals surface area contributed by atoms with Crippen molar-refractivity contribution in [2.24, 2.45) is 0 Å². The molecule has 126 valence electrons. The van der Waals surface area contributed by atoms with Gasteiger partial charge in [-0.3, -0.25) is 0 Å². The second-order valence-corrected chi connectivity index (χ2v) is 7.17. The van der Waals surface area contributed by atoms with Gasteiger partial charge in [-0.25, -0.2) is 15.0 Å². The van der Waals surface area contributed by atoms with Gasteiger partial charge in [0, 0.05) is 10.6 Å². The van der Waals surface area contributed by atoms with Crippen molar-refractivity contribution in [2.45, 2.75) is 17.3 Å². The molecule has 0 unspecified atom stereocenters. The van der Waals surface area contributed by atoms with Gasteiger partial charge in [-0.2, -0.15) is 13.2 Å². The highest BCUT2D eigenvalue weighted by Crippen LogP contribution is 2.41. The van der Waals surface area contributed by atoms with E-state index in [1.54, 1.807) is 6.92 Å². The van der Waals surface area contributed by atoms with Crippen molar-refractivity contribution in [3.63, 3.8) is 0 Å². The number of thioether (sulfide) groups is 1. The average Bonchev–Trinajstić information content (AvgIpc) is 2.81. The van der Waals surface area contributed by atoms with Crippen molar-refractivity contribution in [2.75, 3.05) is 11.1 Å². The Morgan fingerprint density at radius 2 is 2.00 bits per heavy atom. The van der Waals surface area contributed by atoms with Gasteiger partial charge in [0.05, 0.1) is 5.02 Å². The van der Waals surface area contributed by atoms with E-state index in [2.05, 4.69) is 20.3 Å². The van der Waals surface area contributed by atoms with Gasteiger partial charge in [0.1, 0.15) is 11.3 Å². The molecule has 3 aromatic rings. The predicted molar refractivity (Wildman–Crippen MR) is 91.0 cm³/mol. The van der Waals surface area contributed by atoms with Crippen LogP contribution in [0.1, 0.15) is 5.82 Å². The number of anilines is 3. The van der Waals surface area contributed by atoms with Crippen LogP contribution < -0.4 is 11.1 Å². The molecule has 0 saturated carbocycles. The maximum Gasteiger partial charge on any atom is 0.446 e. The molecule has 0 spiro atoms. The summed E-state index contributed by atoms with van der Waals surface area (Å²) >= 11 is 6.89. The fourth-order valence-corrected chi connectivity index (χ4v) is 3.54. The number of benzene rings is 1. The number of aryl methyl sites for hydroxylation is 1. The Morgan fingerprint density at radius 3 is 2.67 bits per heavy atom. The molecule has 3 rings (SSSR count). The summed E-state index contributed by atoms with van der Waals surface area (Å²) in [5.41, 5.74) is 2.27. The number of halogens is 4. The van der Waals surface area contributed by atoms with Crippen molar-refractivity contribution in [1.82, 2.24) is 15.0 Å². The van der Waals surface area contributed by atoms with Crippen LogP contribution in [0.2, 0.25) is 5.02 Å². The number of nitrogens with zero attached hydrogens (tertiary/aromatic N) is 3. The van der Waals surface area contributed by atoms with Crippen LogP contribution in [0, 0.1) is 6.92 Å². The van der Waals surface area contributed by atoms with Crippen LogP contribution >= 0.6 is 34.7 Å². The molecular formula is C13H9ClF3N5S2. The summed E-state index contributed by atoms with van der Waals surface area (Å²) in [6, 6.07) is 4.18. The maximum atomic E-state index is 12.4. The zero-order valence-corrected chi connectivity index (χ0v) is 14.4. The lowest BCUT2D eigenvalue weighted by Gasteiger charge is -2.10.